The van der Waals surface area contributed by atoms with Crippen molar-refractivity contribution in [2.75, 3.05) is 0 Å². The maximum atomic E-state index is 14.1. The average molecular weight is 611 g/mol. The molecule has 0 aliphatic heterocycles. The summed E-state index contributed by atoms with van der Waals surface area (Å²) in [6.07, 6.45) is -1.03. The molecule has 0 spiro atoms. The van der Waals surface area contributed by atoms with E-state index in [0.717, 1.165) is 11.3 Å². The third kappa shape index (κ3) is 4.61. The summed E-state index contributed by atoms with van der Waals surface area (Å²) in [6.45, 7) is 0.190. The number of hydrogen-bond donors (Lipinski definition) is 0. The number of imidazole rings is 1. The van der Waals surface area contributed by atoms with Crippen molar-refractivity contribution in [2.45, 2.75) is 37.4 Å². The first-order valence-corrected chi connectivity index (χ1v) is 13.7. The van der Waals surface area contributed by atoms with Crippen LogP contribution in [-0.4, -0.2) is 40.7 Å². The van der Waals surface area contributed by atoms with E-state index < -0.39 is 11.6 Å². The highest BCUT2D eigenvalue weighted by molar-refractivity contribution is 7.14. The summed E-state index contributed by atoms with van der Waals surface area (Å²) in [5.74, 6) is 0.440. The summed E-state index contributed by atoms with van der Waals surface area (Å²) in [7, 11) is 0. The second-order valence-electron chi connectivity index (χ2n) is 9.11. The predicted octanol–water partition coefficient (Wildman–Crippen LogP) is 7.64. The zero-order valence-corrected chi connectivity index (χ0v) is 22.9. The summed E-state index contributed by atoms with van der Waals surface area (Å²) < 4.78 is 45.7. The van der Waals surface area contributed by atoms with Gasteiger partial charge < -0.3 is 0 Å². The molecule has 39 heavy (non-hydrogen) atoms. The Labute approximate surface area is 239 Å². The van der Waals surface area contributed by atoms with Crippen LogP contribution < -0.4 is 0 Å². The van der Waals surface area contributed by atoms with Crippen LogP contribution in [0.5, 0.6) is 0 Å². The molecule has 5 aromatic rings. The maximum Gasteiger partial charge on any atom is 0.400 e. The maximum absolute atomic E-state index is 14.1. The molecule has 1 fully saturated rings. The minimum absolute atomic E-state index is 0.0121. The van der Waals surface area contributed by atoms with E-state index in [1.165, 1.54) is 12.7 Å². The molecule has 2 aromatic carbocycles. The number of rotatable bonds is 6. The number of benzene rings is 2. The van der Waals surface area contributed by atoms with Gasteiger partial charge in [0.1, 0.15) is 34.6 Å². The van der Waals surface area contributed by atoms with E-state index >= 15 is 0 Å². The first kappa shape index (κ1) is 26.2. The van der Waals surface area contributed by atoms with Crippen LogP contribution in [0.2, 0.25) is 15.1 Å². The van der Waals surface area contributed by atoms with Crippen molar-refractivity contribution in [2.24, 2.45) is 0 Å². The van der Waals surface area contributed by atoms with Gasteiger partial charge >= 0.3 is 6.18 Å². The number of hydrogen-bond acceptors (Lipinski definition) is 6. The summed E-state index contributed by atoms with van der Waals surface area (Å²) in [4.78, 5) is 8.91. The minimum Gasteiger partial charge on any atom is -0.294 e. The Morgan fingerprint density at radius 3 is 2.33 bits per heavy atom. The van der Waals surface area contributed by atoms with Crippen LogP contribution in [0.4, 0.5) is 13.2 Å². The molecule has 3 aromatic heterocycles. The Hall–Kier alpha value is -2.99. The highest BCUT2D eigenvalue weighted by Crippen LogP contribution is 2.55. The molecule has 1 aliphatic rings. The van der Waals surface area contributed by atoms with Crippen molar-refractivity contribution in [3.63, 3.8) is 0 Å². The summed E-state index contributed by atoms with van der Waals surface area (Å²) in [5, 5.41) is 14.0. The van der Waals surface area contributed by atoms with E-state index in [4.69, 9.17) is 39.8 Å². The van der Waals surface area contributed by atoms with Gasteiger partial charge in [0.2, 0.25) is 0 Å². The lowest BCUT2D eigenvalue weighted by Crippen LogP contribution is -2.47. The van der Waals surface area contributed by atoms with Gasteiger partial charge in [-0.15, -0.1) is 10.2 Å². The fraction of sp³-hybridized carbons (Fsp3) is 0.240. The molecule has 0 N–H and O–H groups in total. The second kappa shape index (κ2) is 9.88. The molecule has 0 atom stereocenters. The molecule has 7 nitrogen and oxygen atoms in total. The van der Waals surface area contributed by atoms with Crippen molar-refractivity contribution in [3.8, 4) is 27.8 Å². The lowest BCUT2D eigenvalue weighted by Gasteiger charge is -2.40. The van der Waals surface area contributed by atoms with Crippen LogP contribution in [0.15, 0.2) is 55.1 Å². The second-order valence-corrected chi connectivity index (χ2v) is 11.4. The van der Waals surface area contributed by atoms with E-state index in [1.54, 1.807) is 35.0 Å². The number of halogens is 6. The van der Waals surface area contributed by atoms with Crippen LogP contribution in [0.1, 0.15) is 30.0 Å². The molecular formula is C25H17Cl3F3N7S. The molecule has 0 amide bonds. The Morgan fingerprint density at radius 1 is 0.974 bits per heavy atom. The van der Waals surface area contributed by atoms with E-state index in [2.05, 4.69) is 20.3 Å². The van der Waals surface area contributed by atoms with Gasteiger partial charge in [0, 0.05) is 21.3 Å². The first-order valence-electron chi connectivity index (χ1n) is 11.7. The van der Waals surface area contributed by atoms with Crippen molar-refractivity contribution in [1.29, 1.82) is 0 Å². The predicted molar refractivity (Wildman–Crippen MR) is 144 cm³/mol. The van der Waals surface area contributed by atoms with Gasteiger partial charge in [0.05, 0.1) is 17.3 Å². The Bertz CT molecular complexity index is 1640. The molecule has 0 bridgehead atoms. The van der Waals surface area contributed by atoms with Crippen molar-refractivity contribution < 1.29 is 13.2 Å². The summed E-state index contributed by atoms with van der Waals surface area (Å²) >= 11 is 19.8. The van der Waals surface area contributed by atoms with Crippen LogP contribution in [0, 0.1) is 0 Å². The van der Waals surface area contributed by atoms with Gasteiger partial charge in [-0.1, -0.05) is 52.6 Å². The topological polar surface area (TPSA) is 74.3 Å². The molecule has 1 aliphatic carbocycles. The molecule has 0 radical (unpaired) electrons. The smallest absolute Gasteiger partial charge is 0.294 e. The fourth-order valence-electron chi connectivity index (χ4n) is 4.62. The third-order valence-corrected chi connectivity index (χ3v) is 8.73. The normalized spacial score (nSPS) is 14.9. The first-order chi connectivity index (χ1) is 18.7. The SMILES string of the molecule is FC(F)(F)C1(c2nnc(-c3nc(-c4ccc(Cl)cc4Cl)n(-c4ccc(Cl)cc4)c3Cn3cncn3)s2)CCC1. The van der Waals surface area contributed by atoms with Crippen molar-refractivity contribution in [1.82, 2.24) is 34.5 Å². The van der Waals surface area contributed by atoms with Crippen molar-refractivity contribution in [3.05, 3.63) is 80.9 Å². The van der Waals surface area contributed by atoms with Gasteiger partial charge in [0.15, 0.2) is 5.01 Å². The standard InChI is InChI=1S/C25H17Cl3F3N7S/c26-14-2-5-16(6-3-14)38-19(11-37-13-32-12-33-37)20(34-21(38)17-7-4-15(27)10-18(17)28)22-35-36-23(39-22)24(8-1-9-24)25(29,30)31/h2-7,10,12-13H,1,8-9,11H2. The summed E-state index contributed by atoms with van der Waals surface area (Å²) in [5.41, 5.74) is 0.251. The molecule has 0 saturated heterocycles. The number of aromatic nitrogens is 7. The Morgan fingerprint density at radius 2 is 1.72 bits per heavy atom. The number of alkyl halides is 3. The minimum atomic E-state index is -4.42. The summed E-state index contributed by atoms with van der Waals surface area (Å²) in [6, 6.07) is 12.1. The monoisotopic (exact) mass is 609 g/mol. The lowest BCUT2D eigenvalue weighted by molar-refractivity contribution is -0.212. The van der Waals surface area contributed by atoms with Gasteiger partial charge in [-0.05, 0) is 55.3 Å². The zero-order chi connectivity index (χ0) is 27.4. The molecule has 14 heteroatoms. The molecule has 1 saturated carbocycles. The highest BCUT2D eigenvalue weighted by Gasteiger charge is 2.61. The lowest BCUT2D eigenvalue weighted by atomic mass is 9.68. The van der Waals surface area contributed by atoms with Crippen molar-refractivity contribution >= 4 is 46.1 Å². The molecule has 200 valence electrons. The van der Waals surface area contributed by atoms with Gasteiger partial charge in [-0.2, -0.15) is 18.3 Å². The zero-order valence-electron chi connectivity index (χ0n) is 19.8. The van der Waals surface area contributed by atoms with Crippen LogP contribution in [0.25, 0.3) is 27.8 Å². The highest BCUT2D eigenvalue weighted by atomic mass is 35.5. The number of nitrogens with zero attached hydrogens (tertiary/aromatic N) is 7. The van der Waals surface area contributed by atoms with Crippen LogP contribution in [-0.2, 0) is 12.0 Å². The molecule has 0 unspecified atom stereocenters. The van der Waals surface area contributed by atoms with Crippen LogP contribution in [0.3, 0.4) is 0 Å². The quantitative estimate of drug-likeness (QED) is 0.198. The van der Waals surface area contributed by atoms with Gasteiger partial charge in [-0.25, -0.2) is 14.6 Å². The van der Waals surface area contributed by atoms with Gasteiger partial charge in [-0.3, -0.25) is 4.57 Å². The molecule has 3 heterocycles. The van der Waals surface area contributed by atoms with E-state index in [-0.39, 0.29) is 29.4 Å². The van der Waals surface area contributed by atoms with E-state index in [1.807, 2.05) is 16.7 Å². The van der Waals surface area contributed by atoms with Crippen LogP contribution >= 0.6 is 46.1 Å². The Kier molecular flexibility index (Phi) is 6.65. The largest absolute Gasteiger partial charge is 0.400 e. The van der Waals surface area contributed by atoms with E-state index in [9.17, 15) is 13.2 Å². The Balaban J connectivity index is 1.59. The molecule has 6 rings (SSSR count). The van der Waals surface area contributed by atoms with Gasteiger partial charge in [0.25, 0.3) is 0 Å². The van der Waals surface area contributed by atoms with E-state index in [0.29, 0.717) is 50.0 Å². The molecular weight excluding hydrogens is 594 g/mol. The fourth-order valence-corrected chi connectivity index (χ4v) is 6.36. The third-order valence-electron chi connectivity index (χ3n) is 6.79. The average Bonchev–Trinajstić information content (AvgIpc) is 3.59.